The van der Waals surface area contributed by atoms with Gasteiger partial charge in [0.2, 0.25) is 0 Å². The summed E-state index contributed by atoms with van der Waals surface area (Å²) in [5.41, 5.74) is -0.915. The van der Waals surface area contributed by atoms with Crippen LogP contribution < -0.4 is 0 Å². The summed E-state index contributed by atoms with van der Waals surface area (Å²) in [7, 11) is 1.64. The topological polar surface area (TPSA) is 44.8 Å². The van der Waals surface area contributed by atoms with Gasteiger partial charge in [-0.3, -0.25) is 0 Å². The molecule has 0 N–H and O–H groups in total. The first kappa shape index (κ1) is 14.2. The second-order valence-corrected chi connectivity index (χ2v) is 4.69. The van der Waals surface area contributed by atoms with Crippen molar-refractivity contribution in [2.75, 3.05) is 13.7 Å². The summed E-state index contributed by atoms with van der Waals surface area (Å²) in [5, 5.41) is 0. The Hall–Kier alpha value is -0.770. The van der Waals surface area contributed by atoms with E-state index in [2.05, 4.69) is 0 Å². The Morgan fingerprint density at radius 3 is 2.07 bits per heavy atom. The van der Waals surface area contributed by atoms with Gasteiger partial charge in [-0.25, -0.2) is 4.79 Å². The maximum absolute atomic E-state index is 11.1. The highest BCUT2D eigenvalue weighted by atomic mass is 16.7. The molecule has 0 aromatic carbocycles. The zero-order chi connectivity index (χ0) is 12.1. The molecule has 0 rings (SSSR count). The predicted octanol–water partition coefficient (Wildman–Crippen LogP) is 2.75. The number of methoxy groups -OCH3 is 1. The zero-order valence-electron chi connectivity index (χ0n) is 10.5. The Balaban J connectivity index is 4.24. The Bertz CT molecular complexity index is 209. The van der Waals surface area contributed by atoms with Crippen LogP contribution >= 0.6 is 0 Å². The highest BCUT2D eigenvalue weighted by Gasteiger charge is 2.32. The van der Waals surface area contributed by atoms with Gasteiger partial charge in [0.25, 0.3) is 0 Å². The van der Waals surface area contributed by atoms with Crippen molar-refractivity contribution in [2.24, 2.45) is 0 Å². The molecule has 90 valence electrons. The first-order valence-corrected chi connectivity index (χ1v) is 5.13. The third kappa shape index (κ3) is 6.33. The van der Waals surface area contributed by atoms with E-state index in [0.717, 1.165) is 0 Å². The van der Waals surface area contributed by atoms with E-state index in [1.54, 1.807) is 14.0 Å². The van der Waals surface area contributed by atoms with Crippen molar-refractivity contribution < 1.29 is 19.0 Å². The lowest BCUT2D eigenvalue weighted by Crippen LogP contribution is -2.38. The molecule has 0 unspecified atom stereocenters. The quantitative estimate of drug-likeness (QED) is 0.665. The minimum atomic E-state index is -0.630. The van der Waals surface area contributed by atoms with E-state index in [-0.39, 0.29) is 5.60 Å². The Kier molecular flexibility index (Phi) is 5.08. The van der Waals surface area contributed by atoms with Crippen molar-refractivity contribution in [2.45, 2.75) is 52.2 Å². The number of hydrogen-bond donors (Lipinski definition) is 0. The van der Waals surface area contributed by atoms with E-state index < -0.39 is 11.8 Å². The van der Waals surface area contributed by atoms with Crippen LogP contribution in [0.15, 0.2) is 0 Å². The van der Waals surface area contributed by atoms with Crippen LogP contribution in [0.25, 0.3) is 0 Å². The highest BCUT2D eigenvalue weighted by molar-refractivity contribution is 5.60. The van der Waals surface area contributed by atoms with E-state index in [1.165, 1.54) is 0 Å². The number of hydrogen-bond acceptors (Lipinski definition) is 4. The van der Waals surface area contributed by atoms with Gasteiger partial charge >= 0.3 is 6.16 Å². The van der Waals surface area contributed by atoms with Gasteiger partial charge in [-0.2, -0.15) is 0 Å². The Labute approximate surface area is 91.9 Å². The van der Waals surface area contributed by atoms with Crippen LogP contribution in [-0.2, 0) is 14.2 Å². The second kappa shape index (κ2) is 5.35. The molecule has 0 amide bonds. The molecule has 0 spiro atoms. The van der Waals surface area contributed by atoms with Crippen LogP contribution in [0.1, 0.15) is 41.0 Å². The third-order valence-corrected chi connectivity index (χ3v) is 2.03. The van der Waals surface area contributed by atoms with Crippen molar-refractivity contribution >= 4 is 6.16 Å². The lowest BCUT2D eigenvalue weighted by atomic mass is 9.92. The largest absolute Gasteiger partial charge is 0.508 e. The fourth-order valence-corrected chi connectivity index (χ4v) is 1.51. The monoisotopic (exact) mass is 218 g/mol. The smallest absolute Gasteiger partial charge is 0.435 e. The molecule has 0 heterocycles. The summed E-state index contributed by atoms with van der Waals surface area (Å²) in [6.45, 7) is 9.64. The van der Waals surface area contributed by atoms with Gasteiger partial charge in [-0.05, 0) is 34.6 Å². The molecule has 0 saturated heterocycles. The Morgan fingerprint density at radius 1 is 1.13 bits per heavy atom. The van der Waals surface area contributed by atoms with Gasteiger partial charge < -0.3 is 14.2 Å². The van der Waals surface area contributed by atoms with E-state index in [9.17, 15) is 4.79 Å². The van der Waals surface area contributed by atoms with Gasteiger partial charge in [0.05, 0.1) is 12.2 Å². The normalized spacial score (nSPS) is 12.4. The average molecular weight is 218 g/mol. The summed E-state index contributed by atoms with van der Waals surface area (Å²) in [5.74, 6) is 0. The molecule has 0 aliphatic carbocycles. The average Bonchev–Trinajstić information content (AvgIpc) is 2.01. The molecule has 0 aromatic heterocycles. The van der Waals surface area contributed by atoms with Crippen LogP contribution in [-0.4, -0.2) is 31.1 Å². The van der Waals surface area contributed by atoms with Crippen molar-refractivity contribution in [3.8, 4) is 0 Å². The SMILES string of the molecule is CCOC(=O)OC(C)(C)CC(C)(C)OC. The maximum Gasteiger partial charge on any atom is 0.508 e. The van der Waals surface area contributed by atoms with Crippen molar-refractivity contribution in [1.82, 2.24) is 0 Å². The number of ether oxygens (including phenoxy) is 3. The summed E-state index contributed by atoms with van der Waals surface area (Å²) < 4.78 is 15.2. The standard InChI is InChI=1S/C11H22O4/c1-7-14-9(12)15-11(4,5)8-10(2,3)13-6/h7-8H2,1-6H3. The van der Waals surface area contributed by atoms with Gasteiger partial charge in [0.15, 0.2) is 0 Å². The minimum absolute atomic E-state index is 0.322. The zero-order valence-corrected chi connectivity index (χ0v) is 10.5. The van der Waals surface area contributed by atoms with Crippen LogP contribution in [0.2, 0.25) is 0 Å². The van der Waals surface area contributed by atoms with E-state index in [1.807, 2.05) is 27.7 Å². The lowest BCUT2D eigenvalue weighted by molar-refractivity contribution is -0.0734. The minimum Gasteiger partial charge on any atom is -0.435 e. The molecule has 0 bridgehead atoms. The van der Waals surface area contributed by atoms with Crippen LogP contribution in [0.4, 0.5) is 4.79 Å². The molecule has 4 heteroatoms. The fourth-order valence-electron chi connectivity index (χ4n) is 1.51. The molecule has 15 heavy (non-hydrogen) atoms. The number of carbonyl (C=O) groups is 1. The predicted molar refractivity (Wildman–Crippen MR) is 57.9 cm³/mol. The van der Waals surface area contributed by atoms with E-state index in [0.29, 0.717) is 13.0 Å². The molecule has 0 aliphatic heterocycles. The number of rotatable bonds is 5. The van der Waals surface area contributed by atoms with E-state index >= 15 is 0 Å². The highest BCUT2D eigenvalue weighted by Crippen LogP contribution is 2.26. The van der Waals surface area contributed by atoms with Gasteiger partial charge in [0, 0.05) is 13.5 Å². The van der Waals surface area contributed by atoms with Crippen molar-refractivity contribution in [3.05, 3.63) is 0 Å². The van der Waals surface area contributed by atoms with Crippen LogP contribution in [0, 0.1) is 0 Å². The molecule has 4 nitrogen and oxygen atoms in total. The molecular formula is C11H22O4. The molecule has 0 saturated carbocycles. The molecule has 0 aliphatic rings. The van der Waals surface area contributed by atoms with Crippen molar-refractivity contribution in [1.29, 1.82) is 0 Å². The van der Waals surface area contributed by atoms with Gasteiger partial charge in [-0.15, -0.1) is 0 Å². The lowest BCUT2D eigenvalue weighted by Gasteiger charge is -2.33. The second-order valence-electron chi connectivity index (χ2n) is 4.69. The van der Waals surface area contributed by atoms with E-state index in [4.69, 9.17) is 14.2 Å². The maximum atomic E-state index is 11.1. The summed E-state index contributed by atoms with van der Waals surface area (Å²) in [6.07, 6.45) is -0.0237. The first-order valence-electron chi connectivity index (χ1n) is 5.13. The fraction of sp³-hybridized carbons (Fsp3) is 0.909. The summed E-state index contributed by atoms with van der Waals surface area (Å²) in [4.78, 5) is 11.1. The molecule has 0 atom stereocenters. The van der Waals surface area contributed by atoms with Crippen LogP contribution in [0.5, 0.6) is 0 Å². The van der Waals surface area contributed by atoms with Crippen molar-refractivity contribution in [3.63, 3.8) is 0 Å². The molecular weight excluding hydrogens is 196 g/mol. The Morgan fingerprint density at radius 2 is 1.67 bits per heavy atom. The third-order valence-electron chi connectivity index (χ3n) is 2.03. The molecule has 0 aromatic rings. The molecule has 0 radical (unpaired) electrons. The summed E-state index contributed by atoms with van der Waals surface area (Å²) in [6, 6.07) is 0. The summed E-state index contributed by atoms with van der Waals surface area (Å²) >= 11 is 0. The van der Waals surface area contributed by atoms with Gasteiger partial charge in [-0.1, -0.05) is 0 Å². The first-order chi connectivity index (χ1) is 6.72. The number of carbonyl (C=O) groups excluding carboxylic acids is 1. The molecule has 0 fully saturated rings. The van der Waals surface area contributed by atoms with Crippen LogP contribution in [0.3, 0.4) is 0 Å². The van der Waals surface area contributed by atoms with Gasteiger partial charge in [0.1, 0.15) is 5.60 Å².